The van der Waals surface area contributed by atoms with Crippen LogP contribution in [0.3, 0.4) is 0 Å². The van der Waals surface area contributed by atoms with Gasteiger partial charge in [0.1, 0.15) is 6.23 Å². The van der Waals surface area contributed by atoms with Crippen LogP contribution in [-0.2, 0) is 14.0 Å². The van der Waals surface area contributed by atoms with E-state index in [9.17, 15) is 23.9 Å². The maximum Gasteiger partial charge on any atom is 0.330 e. The second-order valence-electron chi connectivity index (χ2n) is 5.23. The minimum atomic E-state index is -4.83. The molecule has 0 spiro atoms. The fraction of sp³-hybridized carbons (Fsp3) is 0.636. The summed E-state index contributed by atoms with van der Waals surface area (Å²) in [6, 6.07) is -0.725. The summed E-state index contributed by atoms with van der Waals surface area (Å²) in [5.74, 6) is 0. The van der Waals surface area contributed by atoms with E-state index in [2.05, 4.69) is 15.0 Å². The standard InChI is InChI=1S/C11H16N5O7P/c1-6-3-16(11(18)13-10(6)17)9-2-7(14-15-12)8(23-9)4-22-5-24(19,20)21/h3,7-9H,2,4-5H2,1H3,(H,13,17,18)(H2,19,20,21)/p-2. The fourth-order valence-corrected chi connectivity index (χ4v) is 2.63. The molecule has 3 atom stereocenters. The van der Waals surface area contributed by atoms with Crippen molar-refractivity contribution in [2.45, 2.75) is 31.7 Å². The number of hydrogen-bond donors (Lipinski definition) is 1. The third-order valence-electron chi connectivity index (χ3n) is 3.39. The molecule has 1 aromatic heterocycles. The van der Waals surface area contributed by atoms with Gasteiger partial charge in [-0.15, -0.1) is 0 Å². The summed E-state index contributed by atoms with van der Waals surface area (Å²) in [7, 11) is -4.83. The van der Waals surface area contributed by atoms with Crippen LogP contribution in [0.25, 0.3) is 10.4 Å². The highest BCUT2D eigenvalue weighted by atomic mass is 31.2. The summed E-state index contributed by atoms with van der Waals surface area (Å²) in [6.45, 7) is 1.21. The van der Waals surface area contributed by atoms with Gasteiger partial charge in [0, 0.05) is 23.1 Å². The van der Waals surface area contributed by atoms with Gasteiger partial charge in [0.15, 0.2) is 0 Å². The fourth-order valence-electron chi connectivity index (χ4n) is 2.30. The van der Waals surface area contributed by atoms with Crippen molar-refractivity contribution >= 4 is 7.60 Å². The van der Waals surface area contributed by atoms with Gasteiger partial charge in [-0.2, -0.15) is 0 Å². The number of azide groups is 1. The number of H-pyrrole nitrogens is 1. The first-order chi connectivity index (χ1) is 11.2. The molecule has 0 amide bonds. The maximum absolute atomic E-state index is 11.9. The van der Waals surface area contributed by atoms with Crippen molar-refractivity contribution in [3.8, 4) is 0 Å². The number of ether oxygens (including phenoxy) is 2. The van der Waals surface area contributed by atoms with Crippen LogP contribution in [0.2, 0.25) is 0 Å². The van der Waals surface area contributed by atoms with E-state index < -0.39 is 43.6 Å². The maximum atomic E-state index is 11.9. The van der Waals surface area contributed by atoms with E-state index in [4.69, 9.17) is 15.0 Å². The van der Waals surface area contributed by atoms with Gasteiger partial charge in [-0.25, -0.2) is 4.79 Å². The van der Waals surface area contributed by atoms with Crippen molar-refractivity contribution in [1.29, 1.82) is 0 Å². The molecule has 1 aliphatic rings. The average Bonchev–Trinajstić information content (AvgIpc) is 2.85. The highest BCUT2D eigenvalue weighted by Crippen LogP contribution is 2.31. The van der Waals surface area contributed by atoms with Crippen LogP contribution in [0, 0.1) is 6.92 Å². The van der Waals surface area contributed by atoms with Gasteiger partial charge in [-0.3, -0.25) is 14.3 Å². The number of nitrogens with zero attached hydrogens (tertiary/aromatic N) is 4. The molecule has 3 unspecified atom stereocenters. The first-order valence-electron chi connectivity index (χ1n) is 6.82. The van der Waals surface area contributed by atoms with E-state index >= 15 is 0 Å². The van der Waals surface area contributed by atoms with Crippen molar-refractivity contribution in [1.82, 2.24) is 9.55 Å². The molecule has 132 valence electrons. The largest absolute Gasteiger partial charge is 0.809 e. The highest BCUT2D eigenvalue weighted by Gasteiger charge is 2.36. The number of aromatic nitrogens is 2. The molecule has 1 N–H and O–H groups in total. The number of hydrogen-bond acceptors (Lipinski definition) is 8. The summed E-state index contributed by atoms with van der Waals surface area (Å²) in [5, 5.41) is 3.53. The zero-order chi connectivity index (χ0) is 17.9. The predicted octanol–water partition coefficient (Wildman–Crippen LogP) is -1.30. The average molecular weight is 359 g/mol. The lowest BCUT2D eigenvalue weighted by atomic mass is 10.1. The molecular formula is C11H14N5O7P-2. The molecule has 0 saturated carbocycles. The number of aryl methyl sites for hydroxylation is 1. The second-order valence-corrected chi connectivity index (χ2v) is 6.71. The Morgan fingerprint density at radius 2 is 2.29 bits per heavy atom. The first-order valence-corrected chi connectivity index (χ1v) is 8.54. The minimum Gasteiger partial charge on any atom is -0.809 e. The van der Waals surface area contributed by atoms with Crippen molar-refractivity contribution in [3.63, 3.8) is 0 Å². The molecule has 2 rings (SSSR count). The quantitative estimate of drug-likeness (QED) is 0.283. The Kier molecular flexibility index (Phi) is 5.60. The summed E-state index contributed by atoms with van der Waals surface area (Å²) in [4.78, 5) is 49.2. The van der Waals surface area contributed by atoms with Crippen LogP contribution >= 0.6 is 7.60 Å². The smallest absolute Gasteiger partial charge is 0.330 e. The lowest BCUT2D eigenvalue weighted by molar-refractivity contribution is -0.318. The molecule has 1 saturated heterocycles. The summed E-state index contributed by atoms with van der Waals surface area (Å²) in [6.07, 6.45) is -1.25. The Balaban J connectivity index is 2.16. The number of nitrogens with one attached hydrogen (secondary N) is 1. The molecule has 0 aliphatic carbocycles. The van der Waals surface area contributed by atoms with Gasteiger partial charge in [0.2, 0.25) is 0 Å². The molecule has 1 aliphatic heterocycles. The van der Waals surface area contributed by atoms with E-state index in [0.29, 0.717) is 0 Å². The van der Waals surface area contributed by atoms with E-state index in [1.54, 1.807) is 0 Å². The second kappa shape index (κ2) is 7.31. The van der Waals surface area contributed by atoms with E-state index in [1.165, 1.54) is 13.1 Å². The number of aromatic amines is 1. The van der Waals surface area contributed by atoms with Crippen LogP contribution in [0.15, 0.2) is 20.9 Å². The Bertz CT molecular complexity index is 808. The van der Waals surface area contributed by atoms with Crippen LogP contribution in [-0.4, -0.2) is 34.7 Å². The van der Waals surface area contributed by atoms with Gasteiger partial charge in [0.05, 0.1) is 25.1 Å². The zero-order valence-corrected chi connectivity index (χ0v) is 13.4. The van der Waals surface area contributed by atoms with E-state index in [-0.39, 0.29) is 18.6 Å². The first kappa shape index (κ1) is 18.4. The van der Waals surface area contributed by atoms with Crippen molar-refractivity contribution in [2.24, 2.45) is 5.11 Å². The van der Waals surface area contributed by atoms with Gasteiger partial charge in [-0.1, -0.05) is 5.11 Å². The molecule has 0 aromatic carbocycles. The monoisotopic (exact) mass is 359 g/mol. The molecule has 1 aromatic rings. The van der Waals surface area contributed by atoms with Gasteiger partial charge < -0.3 is 23.8 Å². The Hall–Kier alpha value is -1.94. The van der Waals surface area contributed by atoms with Gasteiger partial charge >= 0.3 is 5.69 Å². The molecule has 13 heteroatoms. The van der Waals surface area contributed by atoms with Crippen molar-refractivity contribution in [2.75, 3.05) is 13.0 Å². The minimum absolute atomic E-state index is 0.121. The Morgan fingerprint density at radius 3 is 2.92 bits per heavy atom. The third-order valence-corrected chi connectivity index (χ3v) is 3.89. The normalized spacial score (nSPS) is 23.9. The lowest BCUT2D eigenvalue weighted by Crippen LogP contribution is -2.33. The molecule has 0 bridgehead atoms. The molecule has 0 radical (unpaired) electrons. The predicted molar refractivity (Wildman–Crippen MR) is 75.9 cm³/mol. The Labute approximate surface area is 134 Å². The summed E-state index contributed by atoms with van der Waals surface area (Å²) in [5.41, 5.74) is 7.66. The van der Waals surface area contributed by atoms with Crippen LogP contribution in [0.5, 0.6) is 0 Å². The van der Waals surface area contributed by atoms with Crippen LogP contribution in [0.4, 0.5) is 0 Å². The van der Waals surface area contributed by atoms with E-state index in [0.717, 1.165) is 4.57 Å². The molecule has 24 heavy (non-hydrogen) atoms. The highest BCUT2D eigenvalue weighted by molar-refractivity contribution is 7.48. The third kappa shape index (κ3) is 4.54. The SMILES string of the molecule is Cc1cn(C2CC(N=[N+]=[N-])C(COCP(=O)([O-])[O-])O2)c(=O)[nH]c1=O. The van der Waals surface area contributed by atoms with E-state index in [1.807, 2.05) is 0 Å². The van der Waals surface area contributed by atoms with Crippen LogP contribution < -0.4 is 21.0 Å². The molecular weight excluding hydrogens is 345 g/mol. The molecule has 2 heterocycles. The number of rotatable bonds is 6. The molecule has 12 nitrogen and oxygen atoms in total. The van der Waals surface area contributed by atoms with Crippen molar-refractivity contribution < 1.29 is 23.8 Å². The lowest BCUT2D eigenvalue weighted by Gasteiger charge is -2.29. The van der Waals surface area contributed by atoms with Crippen LogP contribution in [0.1, 0.15) is 18.2 Å². The summed E-state index contributed by atoms with van der Waals surface area (Å²) < 4.78 is 22.0. The van der Waals surface area contributed by atoms with Crippen molar-refractivity contribution in [3.05, 3.63) is 43.0 Å². The summed E-state index contributed by atoms with van der Waals surface area (Å²) >= 11 is 0. The van der Waals surface area contributed by atoms with Gasteiger partial charge in [-0.05, 0) is 20.1 Å². The topological polar surface area (TPSA) is 185 Å². The Morgan fingerprint density at radius 1 is 1.58 bits per heavy atom. The molecule has 1 fully saturated rings. The zero-order valence-electron chi connectivity index (χ0n) is 12.5. The van der Waals surface area contributed by atoms with Gasteiger partial charge in [0.25, 0.3) is 5.56 Å².